The minimum absolute atomic E-state index is 0.0812. The van der Waals surface area contributed by atoms with Gasteiger partial charge in [0.2, 0.25) is 5.91 Å². The molecule has 0 spiro atoms. The van der Waals surface area contributed by atoms with Crippen LogP contribution in [-0.4, -0.2) is 25.0 Å². The number of benzene rings is 3. The van der Waals surface area contributed by atoms with Gasteiger partial charge in [-0.2, -0.15) is 0 Å². The largest absolute Gasteiger partial charge is 0.381 e. The summed E-state index contributed by atoms with van der Waals surface area (Å²) in [7, 11) is 0. The molecule has 2 amide bonds. The van der Waals surface area contributed by atoms with E-state index in [4.69, 9.17) is 16.3 Å². The maximum atomic E-state index is 13.4. The molecule has 170 valence electrons. The molecule has 1 aliphatic rings. The van der Waals surface area contributed by atoms with E-state index in [9.17, 15) is 14.0 Å². The Hall–Kier alpha value is -3.22. The molecule has 3 aromatic carbocycles. The molecule has 0 unspecified atom stereocenters. The fraction of sp³-hybridized carbons (Fsp3) is 0.231. The Labute approximate surface area is 196 Å². The van der Waals surface area contributed by atoms with Crippen molar-refractivity contribution in [3.8, 4) is 0 Å². The second kappa shape index (κ2) is 10.1. The number of halogens is 2. The second-order valence-electron chi connectivity index (χ2n) is 8.05. The van der Waals surface area contributed by atoms with Crippen molar-refractivity contribution in [2.75, 3.05) is 18.5 Å². The molecule has 1 heterocycles. The van der Waals surface area contributed by atoms with Crippen LogP contribution in [0.5, 0.6) is 0 Å². The van der Waals surface area contributed by atoms with E-state index in [1.807, 2.05) is 24.3 Å². The summed E-state index contributed by atoms with van der Waals surface area (Å²) >= 11 is 6.20. The Morgan fingerprint density at radius 3 is 2.48 bits per heavy atom. The summed E-state index contributed by atoms with van der Waals surface area (Å²) in [5.74, 6) is -0.957. The molecule has 5 nitrogen and oxygen atoms in total. The molecular formula is C26H24ClFN2O3. The van der Waals surface area contributed by atoms with Gasteiger partial charge in [-0.15, -0.1) is 0 Å². The highest BCUT2D eigenvalue weighted by Crippen LogP contribution is 2.36. The van der Waals surface area contributed by atoms with E-state index in [2.05, 4.69) is 10.6 Å². The zero-order chi connectivity index (χ0) is 23.3. The molecular weight excluding hydrogens is 443 g/mol. The van der Waals surface area contributed by atoms with Gasteiger partial charge in [-0.3, -0.25) is 9.59 Å². The number of carbonyl (C=O) groups is 2. The highest BCUT2D eigenvalue weighted by Gasteiger charge is 2.41. The number of ether oxygens (including phenoxy) is 1. The van der Waals surface area contributed by atoms with E-state index in [0.29, 0.717) is 43.3 Å². The molecule has 0 saturated carbocycles. The molecule has 2 N–H and O–H groups in total. The van der Waals surface area contributed by atoms with Gasteiger partial charge < -0.3 is 15.4 Å². The highest BCUT2D eigenvalue weighted by molar-refractivity contribution is 6.30. The van der Waals surface area contributed by atoms with Gasteiger partial charge in [-0.1, -0.05) is 41.9 Å². The molecule has 1 aliphatic heterocycles. The SMILES string of the molecule is O=C(Nc1cccc(CNC(=O)C2(c3cccc(Cl)c3)CCOCC2)c1)c1cccc(F)c1. The van der Waals surface area contributed by atoms with Crippen LogP contribution in [0.2, 0.25) is 5.02 Å². The van der Waals surface area contributed by atoms with Crippen molar-refractivity contribution < 1.29 is 18.7 Å². The zero-order valence-electron chi connectivity index (χ0n) is 17.9. The third-order valence-electron chi connectivity index (χ3n) is 5.88. The maximum Gasteiger partial charge on any atom is 0.255 e. The molecule has 1 saturated heterocycles. The van der Waals surface area contributed by atoms with Gasteiger partial charge in [0.25, 0.3) is 5.91 Å². The first-order valence-electron chi connectivity index (χ1n) is 10.7. The minimum atomic E-state index is -0.702. The lowest BCUT2D eigenvalue weighted by atomic mass is 9.73. The van der Waals surface area contributed by atoms with Gasteiger partial charge in [-0.05, 0) is 66.4 Å². The molecule has 0 aromatic heterocycles. The Bertz CT molecular complexity index is 1160. The minimum Gasteiger partial charge on any atom is -0.381 e. The molecule has 0 aliphatic carbocycles. The lowest BCUT2D eigenvalue weighted by molar-refractivity contribution is -0.130. The van der Waals surface area contributed by atoms with Crippen molar-refractivity contribution in [1.82, 2.24) is 5.32 Å². The summed E-state index contributed by atoms with van der Waals surface area (Å²) in [6.07, 6.45) is 1.14. The van der Waals surface area contributed by atoms with Gasteiger partial charge in [0, 0.05) is 36.0 Å². The van der Waals surface area contributed by atoms with E-state index in [-0.39, 0.29) is 11.5 Å². The first-order chi connectivity index (χ1) is 16.0. The Morgan fingerprint density at radius 1 is 0.970 bits per heavy atom. The summed E-state index contributed by atoms with van der Waals surface area (Å²) < 4.78 is 18.9. The number of hydrogen-bond acceptors (Lipinski definition) is 3. The number of nitrogens with one attached hydrogen (secondary N) is 2. The third-order valence-corrected chi connectivity index (χ3v) is 6.12. The molecule has 3 aromatic rings. The summed E-state index contributed by atoms with van der Waals surface area (Å²) in [5, 5.41) is 6.40. The first-order valence-corrected chi connectivity index (χ1v) is 11.1. The van der Waals surface area contributed by atoms with Gasteiger partial charge in [-0.25, -0.2) is 4.39 Å². The standard InChI is InChI=1S/C26H24ClFN2O3/c27-21-7-3-6-20(16-21)26(10-12-33-13-11-26)25(32)29-17-18-4-1-9-23(14-18)30-24(31)19-5-2-8-22(28)15-19/h1-9,14-16H,10-13,17H2,(H,29,32)(H,30,31). The van der Waals surface area contributed by atoms with Crippen LogP contribution in [0, 0.1) is 5.82 Å². The summed E-state index contributed by atoms with van der Waals surface area (Å²) in [5.41, 5.74) is 1.80. The van der Waals surface area contributed by atoms with E-state index in [1.54, 1.807) is 30.3 Å². The number of rotatable bonds is 6. The number of anilines is 1. The Balaban J connectivity index is 1.46. The normalized spacial score (nSPS) is 15.0. The lowest BCUT2D eigenvalue weighted by Crippen LogP contribution is -2.47. The molecule has 7 heteroatoms. The van der Waals surface area contributed by atoms with Crippen LogP contribution >= 0.6 is 11.6 Å². The van der Waals surface area contributed by atoms with E-state index in [0.717, 1.165) is 11.1 Å². The molecule has 0 atom stereocenters. The number of hydrogen-bond donors (Lipinski definition) is 2. The summed E-state index contributed by atoms with van der Waals surface area (Å²) in [6.45, 7) is 1.30. The third kappa shape index (κ3) is 5.41. The van der Waals surface area contributed by atoms with Crippen LogP contribution in [0.4, 0.5) is 10.1 Å². The van der Waals surface area contributed by atoms with Gasteiger partial charge in [0.05, 0.1) is 5.41 Å². The molecule has 33 heavy (non-hydrogen) atoms. The van der Waals surface area contributed by atoms with Gasteiger partial charge in [0.15, 0.2) is 0 Å². The average Bonchev–Trinajstić information content (AvgIpc) is 2.83. The van der Waals surface area contributed by atoms with Crippen molar-refractivity contribution in [2.24, 2.45) is 0 Å². The van der Waals surface area contributed by atoms with E-state index >= 15 is 0 Å². The van der Waals surface area contributed by atoms with Crippen LogP contribution in [-0.2, 0) is 21.5 Å². The Kier molecular flexibility index (Phi) is 7.06. The zero-order valence-corrected chi connectivity index (χ0v) is 18.7. The summed E-state index contributed by atoms with van der Waals surface area (Å²) in [6, 6.07) is 20.1. The highest BCUT2D eigenvalue weighted by atomic mass is 35.5. The number of carbonyl (C=O) groups excluding carboxylic acids is 2. The van der Waals surface area contributed by atoms with Crippen LogP contribution in [0.15, 0.2) is 72.8 Å². The smallest absolute Gasteiger partial charge is 0.255 e. The predicted octanol–water partition coefficient (Wildman–Crippen LogP) is 5.10. The van der Waals surface area contributed by atoms with Crippen LogP contribution in [0.25, 0.3) is 0 Å². The van der Waals surface area contributed by atoms with Crippen molar-refractivity contribution in [3.05, 3.63) is 100 Å². The van der Waals surface area contributed by atoms with Crippen LogP contribution in [0.3, 0.4) is 0 Å². The van der Waals surface area contributed by atoms with Crippen molar-refractivity contribution in [1.29, 1.82) is 0 Å². The van der Waals surface area contributed by atoms with Crippen molar-refractivity contribution in [3.63, 3.8) is 0 Å². The quantitative estimate of drug-likeness (QED) is 0.531. The van der Waals surface area contributed by atoms with Crippen LogP contribution in [0.1, 0.15) is 34.3 Å². The average molecular weight is 467 g/mol. The summed E-state index contributed by atoms with van der Waals surface area (Å²) in [4.78, 5) is 25.8. The Morgan fingerprint density at radius 2 is 1.73 bits per heavy atom. The van der Waals surface area contributed by atoms with Crippen molar-refractivity contribution >= 4 is 29.1 Å². The number of amides is 2. The fourth-order valence-electron chi connectivity index (χ4n) is 4.10. The topological polar surface area (TPSA) is 67.4 Å². The second-order valence-corrected chi connectivity index (χ2v) is 8.49. The predicted molar refractivity (Wildman–Crippen MR) is 126 cm³/mol. The molecule has 0 bridgehead atoms. The lowest BCUT2D eigenvalue weighted by Gasteiger charge is -2.36. The molecule has 1 fully saturated rings. The molecule has 4 rings (SSSR count). The maximum absolute atomic E-state index is 13.4. The van der Waals surface area contributed by atoms with Gasteiger partial charge >= 0.3 is 0 Å². The van der Waals surface area contributed by atoms with E-state index < -0.39 is 17.1 Å². The molecule has 0 radical (unpaired) electrons. The fourth-order valence-corrected chi connectivity index (χ4v) is 4.29. The van der Waals surface area contributed by atoms with Gasteiger partial charge in [0.1, 0.15) is 5.82 Å². The first kappa shape index (κ1) is 23.0. The monoisotopic (exact) mass is 466 g/mol. The van der Waals surface area contributed by atoms with Crippen molar-refractivity contribution in [2.45, 2.75) is 24.8 Å². The van der Waals surface area contributed by atoms with E-state index in [1.165, 1.54) is 18.2 Å². The van der Waals surface area contributed by atoms with Crippen LogP contribution < -0.4 is 10.6 Å².